The summed E-state index contributed by atoms with van der Waals surface area (Å²) in [5, 5.41) is 4.53. The van der Waals surface area contributed by atoms with Crippen LogP contribution in [0.4, 0.5) is 0 Å². The monoisotopic (exact) mass is 445 g/mol. The van der Waals surface area contributed by atoms with Gasteiger partial charge in [0.25, 0.3) is 5.91 Å². The van der Waals surface area contributed by atoms with Crippen molar-refractivity contribution in [3.63, 3.8) is 0 Å². The molecule has 1 aliphatic heterocycles. The van der Waals surface area contributed by atoms with Crippen LogP contribution in [0.15, 0.2) is 36.4 Å². The average Bonchev–Trinajstić information content (AvgIpc) is 3.24. The number of nitrogens with zero attached hydrogens (tertiary/aromatic N) is 3. The van der Waals surface area contributed by atoms with E-state index in [4.69, 9.17) is 4.74 Å². The number of aromatic nitrogens is 2. The molecule has 1 atom stereocenters. The maximum absolute atomic E-state index is 12.4. The van der Waals surface area contributed by atoms with Gasteiger partial charge in [0.2, 0.25) is 0 Å². The number of amides is 1. The van der Waals surface area contributed by atoms with Crippen LogP contribution in [-0.2, 0) is 24.2 Å². The zero-order valence-electron chi connectivity index (χ0n) is 17.9. The molecule has 31 heavy (non-hydrogen) atoms. The third-order valence-corrected chi connectivity index (χ3v) is 7.13. The number of esters is 1. The van der Waals surface area contributed by atoms with Gasteiger partial charge in [-0.1, -0.05) is 18.2 Å². The SMILES string of the molecule is CCN(C(=O)COC(=O)/C=C/c1c(C)nn(-c2ccccc2)c1C)[C@H]1CCS(=O)(=O)C1. The van der Waals surface area contributed by atoms with Crippen LogP contribution in [0.3, 0.4) is 0 Å². The van der Waals surface area contributed by atoms with Gasteiger partial charge in [-0.05, 0) is 45.4 Å². The molecular formula is C22H27N3O5S. The first-order valence-corrected chi connectivity index (χ1v) is 12.0. The predicted molar refractivity (Wildman–Crippen MR) is 117 cm³/mol. The molecule has 1 amide bonds. The summed E-state index contributed by atoms with van der Waals surface area (Å²) in [5.74, 6) is -0.991. The standard InChI is InChI=1S/C22H27N3O5S/c1-4-24(19-12-13-31(28,29)15-19)21(26)14-30-22(27)11-10-20-16(2)23-25(17(20)3)18-8-6-5-7-9-18/h5-11,19H,4,12-15H2,1-3H3/b11-10+/t19-/m0/s1. The second-order valence-electron chi connectivity index (χ2n) is 7.51. The molecule has 8 nitrogen and oxygen atoms in total. The van der Waals surface area contributed by atoms with Crippen molar-refractivity contribution in [2.24, 2.45) is 0 Å². The van der Waals surface area contributed by atoms with Crippen molar-refractivity contribution in [1.82, 2.24) is 14.7 Å². The summed E-state index contributed by atoms with van der Waals surface area (Å²) in [6, 6.07) is 9.32. The van der Waals surface area contributed by atoms with Gasteiger partial charge in [0, 0.05) is 29.9 Å². The molecule has 0 spiro atoms. The number of benzene rings is 1. The van der Waals surface area contributed by atoms with Crippen LogP contribution in [-0.4, -0.2) is 65.7 Å². The Kier molecular flexibility index (Phi) is 6.94. The van der Waals surface area contributed by atoms with E-state index >= 15 is 0 Å². The summed E-state index contributed by atoms with van der Waals surface area (Å²) in [6.45, 7) is 5.49. The Labute approximate surface area is 182 Å². The zero-order valence-corrected chi connectivity index (χ0v) is 18.8. The van der Waals surface area contributed by atoms with Crippen LogP contribution in [0.1, 0.15) is 30.3 Å². The lowest BCUT2D eigenvalue weighted by molar-refractivity contribution is -0.149. The number of sulfone groups is 1. The fraction of sp³-hybridized carbons (Fsp3) is 0.409. The molecule has 1 aliphatic rings. The molecule has 1 aromatic carbocycles. The first-order chi connectivity index (χ1) is 14.7. The normalized spacial score (nSPS) is 17.7. The van der Waals surface area contributed by atoms with Crippen molar-refractivity contribution in [3.05, 3.63) is 53.4 Å². The Balaban J connectivity index is 1.61. The minimum atomic E-state index is -3.10. The average molecular weight is 446 g/mol. The molecule has 1 fully saturated rings. The number of carbonyl (C=O) groups is 2. The van der Waals surface area contributed by atoms with Gasteiger partial charge in [-0.25, -0.2) is 17.9 Å². The molecule has 0 radical (unpaired) electrons. The van der Waals surface area contributed by atoms with Crippen molar-refractivity contribution >= 4 is 27.8 Å². The maximum atomic E-state index is 12.4. The Bertz CT molecular complexity index is 1090. The van der Waals surface area contributed by atoms with Gasteiger partial charge in [0.15, 0.2) is 16.4 Å². The van der Waals surface area contributed by atoms with E-state index in [-0.39, 0.29) is 17.5 Å². The van der Waals surface area contributed by atoms with Crippen molar-refractivity contribution < 1.29 is 22.7 Å². The van der Waals surface area contributed by atoms with Crippen LogP contribution in [0.5, 0.6) is 0 Å². The Morgan fingerprint density at radius 2 is 1.97 bits per heavy atom. The number of hydrogen-bond donors (Lipinski definition) is 0. The summed E-state index contributed by atoms with van der Waals surface area (Å²) in [7, 11) is -3.10. The second-order valence-corrected chi connectivity index (χ2v) is 9.74. The number of aryl methyl sites for hydroxylation is 1. The van der Waals surface area contributed by atoms with E-state index in [9.17, 15) is 18.0 Å². The molecule has 0 aliphatic carbocycles. The minimum Gasteiger partial charge on any atom is -0.452 e. The van der Waals surface area contributed by atoms with Gasteiger partial charge in [-0.2, -0.15) is 5.10 Å². The van der Waals surface area contributed by atoms with Crippen LogP contribution in [0.25, 0.3) is 11.8 Å². The van der Waals surface area contributed by atoms with E-state index in [1.165, 1.54) is 11.0 Å². The number of carbonyl (C=O) groups excluding carboxylic acids is 2. The molecule has 2 heterocycles. The topological polar surface area (TPSA) is 98.6 Å². The largest absolute Gasteiger partial charge is 0.452 e. The first kappa shape index (κ1) is 22.7. The summed E-state index contributed by atoms with van der Waals surface area (Å²) in [5.41, 5.74) is 3.37. The van der Waals surface area contributed by atoms with Gasteiger partial charge in [0.05, 0.1) is 22.9 Å². The lowest BCUT2D eigenvalue weighted by Crippen LogP contribution is -2.43. The molecule has 0 unspecified atom stereocenters. The summed E-state index contributed by atoms with van der Waals surface area (Å²) in [6.07, 6.45) is 3.32. The summed E-state index contributed by atoms with van der Waals surface area (Å²) < 4.78 is 30.3. The highest BCUT2D eigenvalue weighted by Gasteiger charge is 2.34. The van der Waals surface area contributed by atoms with E-state index in [2.05, 4.69) is 5.10 Å². The molecule has 166 valence electrons. The lowest BCUT2D eigenvalue weighted by Gasteiger charge is -2.26. The smallest absolute Gasteiger partial charge is 0.331 e. The van der Waals surface area contributed by atoms with Crippen molar-refractivity contribution in [3.8, 4) is 5.69 Å². The number of likely N-dealkylation sites (N-methyl/N-ethyl adjacent to an activating group) is 1. The van der Waals surface area contributed by atoms with Gasteiger partial charge in [-0.15, -0.1) is 0 Å². The van der Waals surface area contributed by atoms with E-state index in [0.717, 1.165) is 22.6 Å². The summed E-state index contributed by atoms with van der Waals surface area (Å²) >= 11 is 0. The lowest BCUT2D eigenvalue weighted by atomic mass is 10.2. The third kappa shape index (κ3) is 5.41. The van der Waals surface area contributed by atoms with Gasteiger partial charge >= 0.3 is 5.97 Å². The Hall–Kier alpha value is -2.94. The Morgan fingerprint density at radius 3 is 2.58 bits per heavy atom. The van der Waals surface area contributed by atoms with Gasteiger partial charge in [-0.3, -0.25) is 4.79 Å². The molecular weight excluding hydrogens is 418 g/mol. The minimum absolute atomic E-state index is 0.0373. The molecule has 0 N–H and O–H groups in total. The summed E-state index contributed by atoms with van der Waals surface area (Å²) in [4.78, 5) is 26.1. The van der Waals surface area contributed by atoms with Crippen LogP contribution < -0.4 is 0 Å². The van der Waals surface area contributed by atoms with E-state index in [0.29, 0.717) is 13.0 Å². The highest BCUT2D eigenvalue weighted by Crippen LogP contribution is 2.20. The van der Waals surface area contributed by atoms with E-state index in [1.54, 1.807) is 17.7 Å². The fourth-order valence-corrected chi connectivity index (χ4v) is 5.52. The predicted octanol–water partition coefficient (Wildman–Crippen LogP) is 2.08. The second kappa shape index (κ2) is 9.47. The number of para-hydroxylation sites is 1. The fourth-order valence-electron chi connectivity index (χ4n) is 3.79. The molecule has 0 saturated carbocycles. The van der Waals surface area contributed by atoms with Crippen LogP contribution >= 0.6 is 0 Å². The first-order valence-electron chi connectivity index (χ1n) is 10.2. The van der Waals surface area contributed by atoms with E-state index < -0.39 is 28.3 Å². The third-order valence-electron chi connectivity index (χ3n) is 5.38. The highest BCUT2D eigenvalue weighted by molar-refractivity contribution is 7.91. The molecule has 3 rings (SSSR count). The van der Waals surface area contributed by atoms with Gasteiger partial charge in [0.1, 0.15) is 0 Å². The van der Waals surface area contributed by atoms with E-state index in [1.807, 2.05) is 44.2 Å². The zero-order chi connectivity index (χ0) is 22.6. The molecule has 2 aromatic rings. The quantitative estimate of drug-likeness (QED) is 0.478. The number of rotatable bonds is 7. The Morgan fingerprint density at radius 1 is 1.26 bits per heavy atom. The number of hydrogen-bond acceptors (Lipinski definition) is 6. The van der Waals surface area contributed by atoms with Crippen LogP contribution in [0, 0.1) is 13.8 Å². The van der Waals surface area contributed by atoms with Crippen molar-refractivity contribution in [2.75, 3.05) is 24.7 Å². The van der Waals surface area contributed by atoms with Crippen LogP contribution in [0.2, 0.25) is 0 Å². The molecule has 1 aromatic heterocycles. The van der Waals surface area contributed by atoms with Crippen molar-refractivity contribution in [2.45, 2.75) is 33.2 Å². The highest BCUT2D eigenvalue weighted by atomic mass is 32.2. The van der Waals surface area contributed by atoms with Gasteiger partial charge < -0.3 is 9.64 Å². The maximum Gasteiger partial charge on any atom is 0.331 e. The molecule has 0 bridgehead atoms. The molecule has 9 heteroatoms. The number of ether oxygens (including phenoxy) is 1. The molecule has 1 saturated heterocycles. The van der Waals surface area contributed by atoms with Crippen molar-refractivity contribution in [1.29, 1.82) is 0 Å².